The van der Waals surface area contributed by atoms with Gasteiger partial charge in [-0.25, -0.2) is 8.42 Å². The molecule has 0 atom stereocenters. The topological polar surface area (TPSA) is 126 Å². The average Bonchev–Trinajstić information content (AvgIpc) is 3.14. The summed E-state index contributed by atoms with van der Waals surface area (Å²) >= 11 is 0.729. The molecule has 0 saturated heterocycles. The first-order valence-electron chi connectivity index (χ1n) is 6.41. The number of aryl methyl sites for hydroxylation is 1. The predicted octanol–water partition coefficient (Wildman–Crippen LogP) is 1.78. The molecule has 2 rings (SSSR count). The minimum atomic E-state index is -3.49. The van der Waals surface area contributed by atoms with E-state index < -0.39 is 15.7 Å². The van der Waals surface area contributed by atoms with E-state index in [1.54, 1.807) is 25.1 Å². The van der Waals surface area contributed by atoms with E-state index in [-0.39, 0.29) is 20.8 Å². The molecule has 0 unspecified atom stereocenters. The van der Waals surface area contributed by atoms with E-state index >= 15 is 0 Å². The van der Waals surface area contributed by atoms with Crippen LogP contribution in [0.25, 0.3) is 6.08 Å². The lowest BCUT2D eigenvalue weighted by Gasteiger charge is -1.98. The fraction of sp³-hybridized carbons (Fsp3) is 0.231. The van der Waals surface area contributed by atoms with Crippen LogP contribution in [0.1, 0.15) is 18.4 Å². The Labute approximate surface area is 136 Å². The van der Waals surface area contributed by atoms with Crippen LogP contribution < -0.4 is 5.32 Å². The Morgan fingerprint density at radius 1 is 1.48 bits per heavy atom. The Morgan fingerprint density at radius 3 is 2.78 bits per heavy atom. The zero-order chi connectivity index (χ0) is 17.0. The van der Waals surface area contributed by atoms with E-state index in [0.29, 0.717) is 11.5 Å². The van der Waals surface area contributed by atoms with Gasteiger partial charge in [0.05, 0.1) is 5.75 Å². The van der Waals surface area contributed by atoms with Crippen LogP contribution in [-0.4, -0.2) is 30.3 Å². The SMILES string of the molecule is CCS(=O)(=O)c1nnc(NC(=O)/C(C#N)=C\c2ccc(C)o2)s1. The van der Waals surface area contributed by atoms with Crippen LogP contribution >= 0.6 is 11.3 Å². The van der Waals surface area contributed by atoms with Crippen molar-refractivity contribution in [2.24, 2.45) is 0 Å². The number of carbonyl (C=O) groups excluding carboxylic acids is 1. The summed E-state index contributed by atoms with van der Waals surface area (Å²) in [6.07, 6.45) is 1.28. The summed E-state index contributed by atoms with van der Waals surface area (Å²) in [6.45, 7) is 3.22. The Bertz CT molecular complexity index is 903. The Balaban J connectivity index is 2.18. The quantitative estimate of drug-likeness (QED) is 0.493. The van der Waals surface area contributed by atoms with Gasteiger partial charge >= 0.3 is 0 Å². The molecule has 0 fully saturated rings. The highest BCUT2D eigenvalue weighted by Crippen LogP contribution is 2.21. The van der Waals surface area contributed by atoms with Gasteiger partial charge in [-0.15, -0.1) is 10.2 Å². The third kappa shape index (κ3) is 4.02. The first-order valence-corrected chi connectivity index (χ1v) is 8.88. The summed E-state index contributed by atoms with van der Waals surface area (Å²) in [5.41, 5.74) is -0.200. The van der Waals surface area contributed by atoms with Crippen LogP contribution in [0.2, 0.25) is 0 Å². The largest absolute Gasteiger partial charge is 0.462 e. The molecule has 0 aliphatic carbocycles. The molecule has 8 nitrogen and oxygen atoms in total. The minimum Gasteiger partial charge on any atom is -0.462 e. The van der Waals surface area contributed by atoms with Crippen molar-refractivity contribution in [2.45, 2.75) is 18.2 Å². The molecule has 0 bridgehead atoms. The number of aromatic nitrogens is 2. The predicted molar refractivity (Wildman–Crippen MR) is 83.3 cm³/mol. The van der Waals surface area contributed by atoms with E-state index in [1.165, 1.54) is 13.0 Å². The Kier molecular flexibility index (Phi) is 4.92. The molecule has 0 aliphatic heterocycles. The molecule has 10 heteroatoms. The standard InChI is InChI=1S/C13H12N4O4S2/c1-3-23(19,20)13-17-16-12(22-13)15-11(18)9(7-14)6-10-5-4-8(2)21-10/h4-6H,3H2,1-2H3,(H,15,16,18)/b9-6-. The molecule has 2 heterocycles. The molecule has 2 aromatic heterocycles. The first kappa shape index (κ1) is 16.9. The molecule has 1 N–H and O–H groups in total. The van der Waals surface area contributed by atoms with E-state index in [4.69, 9.17) is 9.68 Å². The van der Waals surface area contributed by atoms with Gasteiger partial charge in [0, 0.05) is 6.08 Å². The van der Waals surface area contributed by atoms with Crippen molar-refractivity contribution in [3.63, 3.8) is 0 Å². The Morgan fingerprint density at radius 2 is 2.22 bits per heavy atom. The number of anilines is 1. The molecule has 2 aromatic rings. The highest BCUT2D eigenvalue weighted by molar-refractivity contribution is 7.93. The summed E-state index contributed by atoms with van der Waals surface area (Å²) in [5, 5.41) is 18.5. The maximum absolute atomic E-state index is 12.0. The van der Waals surface area contributed by atoms with Gasteiger partial charge in [0.1, 0.15) is 23.2 Å². The van der Waals surface area contributed by atoms with Gasteiger partial charge in [0.2, 0.25) is 19.3 Å². The van der Waals surface area contributed by atoms with Gasteiger partial charge in [-0.05, 0) is 19.1 Å². The van der Waals surface area contributed by atoms with Crippen molar-refractivity contribution in [1.29, 1.82) is 5.26 Å². The maximum atomic E-state index is 12.0. The number of nitrogens with one attached hydrogen (secondary N) is 1. The van der Waals surface area contributed by atoms with Gasteiger partial charge in [-0.1, -0.05) is 18.3 Å². The van der Waals surface area contributed by atoms with E-state index in [0.717, 1.165) is 11.3 Å². The highest BCUT2D eigenvalue weighted by atomic mass is 32.2. The second kappa shape index (κ2) is 6.72. The third-order valence-corrected chi connectivity index (χ3v) is 5.70. The first-order chi connectivity index (χ1) is 10.9. The normalized spacial score (nSPS) is 12.0. The number of carbonyl (C=O) groups is 1. The van der Waals surface area contributed by atoms with E-state index in [9.17, 15) is 13.2 Å². The number of sulfone groups is 1. The summed E-state index contributed by atoms with van der Waals surface area (Å²) in [5.74, 6) is 0.169. The molecule has 1 amide bonds. The lowest BCUT2D eigenvalue weighted by atomic mass is 10.2. The fourth-order valence-electron chi connectivity index (χ4n) is 1.50. The monoisotopic (exact) mass is 352 g/mol. The molecule has 0 aromatic carbocycles. The van der Waals surface area contributed by atoms with E-state index in [1.807, 2.05) is 0 Å². The maximum Gasteiger partial charge on any atom is 0.268 e. The van der Waals surface area contributed by atoms with Crippen molar-refractivity contribution in [1.82, 2.24) is 10.2 Å². The fourth-order valence-corrected chi connectivity index (χ4v) is 3.48. The number of nitriles is 1. The van der Waals surface area contributed by atoms with Crippen LogP contribution in [0.4, 0.5) is 5.13 Å². The Hall–Kier alpha value is -2.51. The molecule has 0 radical (unpaired) electrons. The van der Waals surface area contributed by atoms with Crippen molar-refractivity contribution in [3.05, 3.63) is 29.2 Å². The zero-order valence-electron chi connectivity index (χ0n) is 12.2. The molecule has 0 aliphatic rings. The molecule has 120 valence electrons. The van der Waals surface area contributed by atoms with Gasteiger partial charge in [0.25, 0.3) is 5.91 Å². The van der Waals surface area contributed by atoms with Crippen LogP contribution in [0, 0.1) is 18.3 Å². The summed E-state index contributed by atoms with van der Waals surface area (Å²) in [6, 6.07) is 5.08. The van der Waals surface area contributed by atoms with Crippen LogP contribution in [0.15, 0.2) is 26.5 Å². The summed E-state index contributed by atoms with van der Waals surface area (Å²) in [4.78, 5) is 12.0. The average molecular weight is 352 g/mol. The smallest absolute Gasteiger partial charge is 0.268 e. The number of furan rings is 1. The molecular weight excluding hydrogens is 340 g/mol. The van der Waals surface area contributed by atoms with Crippen LogP contribution in [-0.2, 0) is 14.6 Å². The van der Waals surface area contributed by atoms with Crippen molar-refractivity contribution < 1.29 is 17.6 Å². The molecule has 0 spiro atoms. The third-order valence-electron chi connectivity index (χ3n) is 2.69. The molecular formula is C13H12N4O4S2. The number of hydrogen-bond acceptors (Lipinski definition) is 8. The zero-order valence-corrected chi connectivity index (χ0v) is 13.9. The van der Waals surface area contributed by atoms with Gasteiger partial charge in [-0.3, -0.25) is 10.1 Å². The lowest BCUT2D eigenvalue weighted by molar-refractivity contribution is -0.112. The van der Waals surface area contributed by atoms with Crippen molar-refractivity contribution in [2.75, 3.05) is 11.1 Å². The van der Waals surface area contributed by atoms with Gasteiger partial charge < -0.3 is 4.42 Å². The number of hydrogen-bond donors (Lipinski definition) is 1. The van der Waals surface area contributed by atoms with Gasteiger partial charge in [-0.2, -0.15) is 5.26 Å². The van der Waals surface area contributed by atoms with Gasteiger partial charge in [0.15, 0.2) is 0 Å². The lowest BCUT2D eigenvalue weighted by Crippen LogP contribution is -2.13. The van der Waals surface area contributed by atoms with E-state index in [2.05, 4.69) is 15.5 Å². The van der Waals surface area contributed by atoms with Crippen molar-refractivity contribution >= 4 is 38.3 Å². The second-order valence-corrected chi connectivity index (χ2v) is 7.78. The van der Waals surface area contributed by atoms with Crippen molar-refractivity contribution in [3.8, 4) is 6.07 Å². The molecule has 23 heavy (non-hydrogen) atoms. The number of nitrogens with zero attached hydrogens (tertiary/aromatic N) is 3. The summed E-state index contributed by atoms with van der Waals surface area (Å²) < 4.78 is 28.4. The number of amides is 1. The van der Waals surface area contributed by atoms with Crippen LogP contribution in [0.3, 0.4) is 0 Å². The number of rotatable bonds is 5. The minimum absolute atomic E-state index is 0.00111. The highest BCUT2D eigenvalue weighted by Gasteiger charge is 2.20. The second-order valence-electron chi connectivity index (χ2n) is 4.35. The summed E-state index contributed by atoms with van der Waals surface area (Å²) in [7, 11) is -3.49. The molecule has 0 saturated carbocycles. The van der Waals surface area contributed by atoms with Crippen LogP contribution in [0.5, 0.6) is 0 Å².